The topological polar surface area (TPSA) is 26.0 Å². The molecule has 0 aliphatic heterocycles. The van der Waals surface area contributed by atoms with Gasteiger partial charge in [-0.25, -0.2) is 4.39 Å². The summed E-state index contributed by atoms with van der Waals surface area (Å²) in [6.45, 7) is 2.09. The largest absolute Gasteiger partial charge is 0.324 e. The van der Waals surface area contributed by atoms with Crippen LogP contribution in [-0.2, 0) is 0 Å². The molecule has 2 atom stereocenters. The molecule has 82 valence electrons. The van der Waals surface area contributed by atoms with Gasteiger partial charge >= 0.3 is 0 Å². The van der Waals surface area contributed by atoms with Crippen LogP contribution >= 0.6 is 11.6 Å². The molecule has 0 amide bonds. The Bertz CT molecular complexity index is 363. The molecule has 0 aromatic heterocycles. The third-order valence-corrected chi connectivity index (χ3v) is 3.49. The van der Waals surface area contributed by atoms with Crippen LogP contribution in [0.4, 0.5) is 4.39 Å². The fourth-order valence-electron chi connectivity index (χ4n) is 1.97. The minimum Gasteiger partial charge on any atom is -0.324 e. The van der Waals surface area contributed by atoms with Gasteiger partial charge in [0.05, 0.1) is 0 Å². The van der Waals surface area contributed by atoms with E-state index in [0.717, 1.165) is 0 Å². The van der Waals surface area contributed by atoms with Crippen molar-refractivity contribution in [3.05, 3.63) is 34.6 Å². The van der Waals surface area contributed by atoms with E-state index in [2.05, 4.69) is 6.92 Å². The lowest BCUT2D eigenvalue weighted by molar-refractivity contribution is 0.405. The molecule has 0 heterocycles. The molecule has 15 heavy (non-hydrogen) atoms. The Morgan fingerprint density at radius 1 is 1.47 bits per heavy atom. The zero-order valence-electron chi connectivity index (χ0n) is 8.71. The number of rotatable bonds is 3. The molecule has 1 aliphatic rings. The van der Waals surface area contributed by atoms with Gasteiger partial charge < -0.3 is 5.73 Å². The maximum Gasteiger partial charge on any atom is 0.129 e. The number of nitrogens with two attached hydrogens (primary N) is 1. The van der Waals surface area contributed by atoms with E-state index in [-0.39, 0.29) is 11.9 Å². The summed E-state index contributed by atoms with van der Waals surface area (Å²) in [6, 6.07) is 4.51. The predicted molar refractivity (Wildman–Crippen MR) is 60.2 cm³/mol. The molecule has 0 saturated heterocycles. The summed E-state index contributed by atoms with van der Waals surface area (Å²) in [5, 5.41) is 0.419. The van der Waals surface area contributed by atoms with E-state index in [1.165, 1.54) is 18.9 Å². The van der Waals surface area contributed by atoms with Gasteiger partial charge in [0.1, 0.15) is 5.82 Å². The van der Waals surface area contributed by atoms with Gasteiger partial charge in [-0.05, 0) is 36.8 Å². The van der Waals surface area contributed by atoms with Crippen LogP contribution in [0.3, 0.4) is 0 Å². The first-order chi connectivity index (χ1) is 7.09. The van der Waals surface area contributed by atoms with E-state index in [0.29, 0.717) is 22.4 Å². The van der Waals surface area contributed by atoms with Gasteiger partial charge in [0, 0.05) is 16.6 Å². The average Bonchev–Trinajstić information content (AvgIpc) is 2.99. The van der Waals surface area contributed by atoms with E-state index in [1.54, 1.807) is 12.1 Å². The van der Waals surface area contributed by atoms with Crippen molar-refractivity contribution in [2.45, 2.75) is 25.8 Å². The molecule has 2 unspecified atom stereocenters. The fraction of sp³-hybridized carbons (Fsp3) is 0.500. The summed E-state index contributed by atoms with van der Waals surface area (Å²) in [5.41, 5.74) is 6.63. The first-order valence-corrected chi connectivity index (χ1v) is 5.68. The Morgan fingerprint density at radius 3 is 2.67 bits per heavy atom. The number of hydrogen-bond donors (Lipinski definition) is 1. The second-order valence-electron chi connectivity index (χ2n) is 4.39. The van der Waals surface area contributed by atoms with Crippen LogP contribution in [0.25, 0.3) is 0 Å². The summed E-state index contributed by atoms with van der Waals surface area (Å²) in [4.78, 5) is 0. The number of halogens is 2. The monoisotopic (exact) mass is 227 g/mol. The summed E-state index contributed by atoms with van der Waals surface area (Å²) >= 11 is 5.70. The zero-order chi connectivity index (χ0) is 11.0. The van der Waals surface area contributed by atoms with E-state index in [9.17, 15) is 4.39 Å². The van der Waals surface area contributed by atoms with Crippen molar-refractivity contribution in [3.63, 3.8) is 0 Å². The van der Waals surface area contributed by atoms with Gasteiger partial charge in [-0.15, -0.1) is 0 Å². The van der Waals surface area contributed by atoms with E-state index in [4.69, 9.17) is 17.3 Å². The summed E-state index contributed by atoms with van der Waals surface area (Å²) in [7, 11) is 0. The van der Waals surface area contributed by atoms with Crippen LogP contribution in [0.2, 0.25) is 5.02 Å². The average molecular weight is 228 g/mol. The quantitative estimate of drug-likeness (QED) is 0.840. The lowest BCUT2D eigenvalue weighted by atomic mass is 9.91. The molecule has 0 spiro atoms. The SMILES string of the molecule is CC(C1CC1)C(N)c1ccc(Cl)cc1F. The van der Waals surface area contributed by atoms with Crippen LogP contribution in [0, 0.1) is 17.7 Å². The Morgan fingerprint density at radius 2 is 2.13 bits per heavy atom. The molecule has 1 nitrogen and oxygen atoms in total. The molecule has 0 radical (unpaired) electrons. The van der Waals surface area contributed by atoms with Gasteiger partial charge in [-0.2, -0.15) is 0 Å². The van der Waals surface area contributed by atoms with Gasteiger partial charge in [-0.1, -0.05) is 24.6 Å². The van der Waals surface area contributed by atoms with Crippen molar-refractivity contribution in [3.8, 4) is 0 Å². The second-order valence-corrected chi connectivity index (χ2v) is 4.82. The number of benzene rings is 1. The highest BCUT2D eigenvalue weighted by atomic mass is 35.5. The third-order valence-electron chi connectivity index (χ3n) is 3.25. The first kappa shape index (κ1) is 10.9. The third kappa shape index (κ3) is 2.32. The van der Waals surface area contributed by atoms with E-state index >= 15 is 0 Å². The van der Waals surface area contributed by atoms with Crippen molar-refractivity contribution in [1.82, 2.24) is 0 Å². The molecular weight excluding hydrogens is 213 g/mol. The minimum atomic E-state index is -0.289. The van der Waals surface area contributed by atoms with Crippen LogP contribution in [-0.4, -0.2) is 0 Å². The van der Waals surface area contributed by atoms with Crippen molar-refractivity contribution in [2.75, 3.05) is 0 Å². The van der Waals surface area contributed by atoms with Gasteiger partial charge in [-0.3, -0.25) is 0 Å². The van der Waals surface area contributed by atoms with E-state index in [1.807, 2.05) is 0 Å². The molecule has 1 saturated carbocycles. The molecule has 3 heteroatoms. The van der Waals surface area contributed by atoms with Crippen LogP contribution < -0.4 is 5.73 Å². The lowest BCUT2D eigenvalue weighted by Gasteiger charge is -2.20. The smallest absolute Gasteiger partial charge is 0.129 e. The zero-order valence-corrected chi connectivity index (χ0v) is 9.47. The van der Waals surface area contributed by atoms with Gasteiger partial charge in [0.2, 0.25) is 0 Å². The van der Waals surface area contributed by atoms with Gasteiger partial charge in [0.15, 0.2) is 0 Å². The highest BCUT2D eigenvalue weighted by Gasteiger charge is 2.33. The highest BCUT2D eigenvalue weighted by molar-refractivity contribution is 6.30. The molecule has 1 aromatic rings. The summed E-state index contributed by atoms with van der Waals surface area (Å²) in [6.07, 6.45) is 2.45. The van der Waals surface area contributed by atoms with Crippen LogP contribution in [0.1, 0.15) is 31.4 Å². The first-order valence-electron chi connectivity index (χ1n) is 5.30. The summed E-state index contributed by atoms with van der Waals surface area (Å²) < 4.78 is 13.6. The van der Waals surface area contributed by atoms with Crippen LogP contribution in [0.15, 0.2) is 18.2 Å². The lowest BCUT2D eigenvalue weighted by Crippen LogP contribution is -2.21. The van der Waals surface area contributed by atoms with Crippen molar-refractivity contribution in [1.29, 1.82) is 0 Å². The summed E-state index contributed by atoms with van der Waals surface area (Å²) in [5.74, 6) is 0.734. The highest BCUT2D eigenvalue weighted by Crippen LogP contribution is 2.42. The Balaban J connectivity index is 2.20. The predicted octanol–water partition coefficient (Wildman–Crippen LogP) is 3.53. The standard InChI is InChI=1S/C12H15ClFN/c1-7(8-2-3-8)12(15)10-5-4-9(13)6-11(10)14/h4-8,12H,2-3,15H2,1H3. The molecule has 2 rings (SSSR count). The maximum absolute atomic E-state index is 13.6. The second kappa shape index (κ2) is 4.11. The molecule has 1 fully saturated rings. The molecule has 1 aromatic carbocycles. The van der Waals surface area contributed by atoms with Crippen LogP contribution in [0.5, 0.6) is 0 Å². The molecule has 0 bridgehead atoms. The Kier molecular flexibility index (Phi) is 2.98. The van der Waals surface area contributed by atoms with Gasteiger partial charge in [0.25, 0.3) is 0 Å². The molecular formula is C12H15ClFN. The number of hydrogen-bond acceptors (Lipinski definition) is 1. The molecule has 1 aliphatic carbocycles. The normalized spacial score (nSPS) is 20.0. The van der Waals surface area contributed by atoms with Crippen molar-refractivity contribution in [2.24, 2.45) is 17.6 Å². The minimum absolute atomic E-state index is 0.213. The van der Waals surface area contributed by atoms with Crippen molar-refractivity contribution < 1.29 is 4.39 Å². The van der Waals surface area contributed by atoms with E-state index < -0.39 is 0 Å². The maximum atomic E-state index is 13.6. The van der Waals surface area contributed by atoms with Crippen molar-refractivity contribution >= 4 is 11.6 Å². The molecule has 2 N–H and O–H groups in total. The fourth-order valence-corrected chi connectivity index (χ4v) is 2.13. The Labute approximate surface area is 94.4 Å². The Hall–Kier alpha value is -0.600.